The molecule has 0 aromatic carbocycles. The van der Waals surface area contributed by atoms with Gasteiger partial charge < -0.3 is 10.1 Å². The monoisotopic (exact) mass is 239 g/mol. The fraction of sp³-hybridized carbons (Fsp3) is 0.636. The van der Waals surface area contributed by atoms with Gasteiger partial charge >= 0.3 is 0 Å². The van der Waals surface area contributed by atoms with E-state index in [9.17, 15) is 0 Å². The van der Waals surface area contributed by atoms with Crippen molar-refractivity contribution in [3.8, 4) is 0 Å². The van der Waals surface area contributed by atoms with E-state index in [1.807, 2.05) is 6.26 Å². The van der Waals surface area contributed by atoms with Crippen LogP contribution in [-0.2, 0) is 11.3 Å². The van der Waals surface area contributed by atoms with Crippen LogP contribution in [0.3, 0.4) is 0 Å². The van der Waals surface area contributed by atoms with Gasteiger partial charge in [0, 0.05) is 18.9 Å². The molecule has 1 aliphatic heterocycles. The van der Waals surface area contributed by atoms with E-state index in [4.69, 9.17) is 4.74 Å². The fourth-order valence-electron chi connectivity index (χ4n) is 1.80. The molecule has 0 saturated carbocycles. The van der Waals surface area contributed by atoms with Crippen LogP contribution in [0.2, 0.25) is 0 Å². The number of nitrogens with zero attached hydrogens (tertiary/aromatic N) is 2. The van der Waals surface area contributed by atoms with Gasteiger partial charge in [-0.2, -0.15) is 0 Å². The highest BCUT2D eigenvalue weighted by molar-refractivity contribution is 7.98. The molecule has 1 N–H and O–H groups in total. The lowest BCUT2D eigenvalue weighted by molar-refractivity contribution is 0.0884. The zero-order chi connectivity index (χ0) is 11.2. The number of aromatic nitrogens is 2. The van der Waals surface area contributed by atoms with Crippen LogP contribution in [0.5, 0.6) is 0 Å². The van der Waals surface area contributed by atoms with Crippen molar-refractivity contribution in [2.45, 2.75) is 18.1 Å². The van der Waals surface area contributed by atoms with Crippen LogP contribution in [0, 0.1) is 5.92 Å². The van der Waals surface area contributed by atoms with E-state index in [1.54, 1.807) is 24.2 Å². The minimum atomic E-state index is 0.570. The van der Waals surface area contributed by atoms with Gasteiger partial charge in [0.15, 0.2) is 0 Å². The van der Waals surface area contributed by atoms with Gasteiger partial charge in [-0.25, -0.2) is 4.98 Å². The number of thioether (sulfide) groups is 1. The lowest BCUT2D eigenvalue weighted by Crippen LogP contribution is -2.14. The molecule has 0 bridgehead atoms. The average Bonchev–Trinajstić information content (AvgIpc) is 2.83. The van der Waals surface area contributed by atoms with Gasteiger partial charge in [-0.3, -0.25) is 4.98 Å². The molecule has 0 amide bonds. The molecule has 1 aliphatic rings. The minimum absolute atomic E-state index is 0.570. The van der Waals surface area contributed by atoms with Crippen molar-refractivity contribution in [3.63, 3.8) is 0 Å². The van der Waals surface area contributed by atoms with Gasteiger partial charge in [-0.1, -0.05) is 0 Å². The highest BCUT2D eigenvalue weighted by atomic mass is 32.2. The first kappa shape index (κ1) is 11.8. The second kappa shape index (κ2) is 6.18. The molecule has 1 aromatic rings. The molecule has 2 rings (SSSR count). The summed E-state index contributed by atoms with van der Waals surface area (Å²) in [6.45, 7) is 3.59. The topological polar surface area (TPSA) is 47.0 Å². The Morgan fingerprint density at radius 1 is 1.50 bits per heavy atom. The van der Waals surface area contributed by atoms with E-state index in [0.29, 0.717) is 12.5 Å². The van der Waals surface area contributed by atoms with Crippen molar-refractivity contribution < 1.29 is 4.74 Å². The molecular formula is C11H17N3OS. The van der Waals surface area contributed by atoms with Crippen molar-refractivity contribution in [2.24, 2.45) is 5.92 Å². The molecule has 0 aliphatic carbocycles. The Bertz CT molecular complexity index is 329. The van der Waals surface area contributed by atoms with Gasteiger partial charge in [0.1, 0.15) is 5.03 Å². The standard InChI is InChI=1S/C11H17N3OS/c1-16-11-10(13-4-5-14-11)8-15-7-9-2-3-12-6-9/h4-5,9,12H,2-3,6-8H2,1H3/t9-/m0/s1. The summed E-state index contributed by atoms with van der Waals surface area (Å²) < 4.78 is 5.69. The van der Waals surface area contributed by atoms with E-state index < -0.39 is 0 Å². The Kier molecular flexibility index (Phi) is 4.56. The summed E-state index contributed by atoms with van der Waals surface area (Å²) in [5.74, 6) is 0.661. The molecule has 1 fully saturated rings. The van der Waals surface area contributed by atoms with Gasteiger partial charge in [0.2, 0.25) is 0 Å². The third-order valence-electron chi connectivity index (χ3n) is 2.68. The molecule has 0 radical (unpaired) electrons. The lowest BCUT2D eigenvalue weighted by atomic mass is 10.1. The molecule has 5 heteroatoms. The van der Waals surface area contributed by atoms with Crippen molar-refractivity contribution in [3.05, 3.63) is 18.1 Å². The Hall–Kier alpha value is -0.650. The van der Waals surface area contributed by atoms with Crippen molar-refractivity contribution in [2.75, 3.05) is 26.0 Å². The molecule has 1 saturated heterocycles. The summed E-state index contributed by atoms with van der Waals surface area (Å²) in [5, 5.41) is 4.30. The van der Waals surface area contributed by atoms with Crippen LogP contribution in [0.25, 0.3) is 0 Å². The highest BCUT2D eigenvalue weighted by Gasteiger charge is 2.14. The summed E-state index contributed by atoms with van der Waals surface area (Å²) in [6.07, 6.45) is 6.66. The van der Waals surface area contributed by atoms with Crippen LogP contribution in [0.1, 0.15) is 12.1 Å². The van der Waals surface area contributed by atoms with Crippen LogP contribution >= 0.6 is 11.8 Å². The number of hydrogen-bond donors (Lipinski definition) is 1. The van der Waals surface area contributed by atoms with Crippen LogP contribution < -0.4 is 5.32 Å². The van der Waals surface area contributed by atoms with E-state index in [-0.39, 0.29) is 0 Å². The smallest absolute Gasteiger partial charge is 0.120 e. The number of hydrogen-bond acceptors (Lipinski definition) is 5. The first-order valence-electron chi connectivity index (χ1n) is 5.52. The molecule has 16 heavy (non-hydrogen) atoms. The second-order valence-corrected chi connectivity index (χ2v) is 4.68. The molecule has 1 atom stereocenters. The summed E-state index contributed by atoms with van der Waals surface area (Å²) in [4.78, 5) is 8.55. The predicted octanol–water partition coefficient (Wildman–Crippen LogP) is 1.32. The Balaban J connectivity index is 1.79. The third-order valence-corrected chi connectivity index (χ3v) is 3.41. The molecular weight excluding hydrogens is 222 g/mol. The SMILES string of the molecule is CSc1nccnc1COC[C@H]1CCNC1. The van der Waals surface area contributed by atoms with E-state index in [1.165, 1.54) is 6.42 Å². The quantitative estimate of drug-likeness (QED) is 0.785. The van der Waals surface area contributed by atoms with Crippen LogP contribution in [0.4, 0.5) is 0 Å². The molecule has 88 valence electrons. The van der Waals surface area contributed by atoms with E-state index >= 15 is 0 Å². The molecule has 0 spiro atoms. The lowest BCUT2D eigenvalue weighted by Gasteiger charge is -2.10. The van der Waals surface area contributed by atoms with Gasteiger partial charge in [0.25, 0.3) is 0 Å². The highest BCUT2D eigenvalue weighted by Crippen LogP contribution is 2.16. The summed E-state index contributed by atoms with van der Waals surface area (Å²) in [5.41, 5.74) is 0.945. The number of ether oxygens (including phenoxy) is 1. The van der Waals surface area contributed by atoms with Gasteiger partial charge in [-0.15, -0.1) is 11.8 Å². The molecule has 1 aromatic heterocycles. The van der Waals surface area contributed by atoms with Crippen molar-refractivity contribution in [1.29, 1.82) is 0 Å². The molecule has 0 unspecified atom stereocenters. The zero-order valence-electron chi connectivity index (χ0n) is 9.48. The fourth-order valence-corrected chi connectivity index (χ4v) is 2.32. The third kappa shape index (κ3) is 3.17. The van der Waals surface area contributed by atoms with Crippen LogP contribution in [0.15, 0.2) is 17.4 Å². The Morgan fingerprint density at radius 2 is 2.38 bits per heavy atom. The van der Waals surface area contributed by atoms with E-state index in [2.05, 4.69) is 15.3 Å². The summed E-state index contributed by atoms with van der Waals surface area (Å²) in [7, 11) is 0. The minimum Gasteiger partial charge on any atom is -0.375 e. The largest absolute Gasteiger partial charge is 0.375 e. The maximum atomic E-state index is 5.69. The Morgan fingerprint density at radius 3 is 3.12 bits per heavy atom. The first-order valence-corrected chi connectivity index (χ1v) is 6.75. The maximum absolute atomic E-state index is 5.69. The number of nitrogens with one attached hydrogen (secondary N) is 1. The van der Waals surface area contributed by atoms with Crippen molar-refractivity contribution >= 4 is 11.8 Å². The average molecular weight is 239 g/mol. The summed E-state index contributed by atoms with van der Waals surface area (Å²) >= 11 is 1.61. The molecule has 4 nitrogen and oxygen atoms in total. The van der Waals surface area contributed by atoms with Crippen LogP contribution in [-0.4, -0.2) is 35.9 Å². The zero-order valence-corrected chi connectivity index (χ0v) is 10.3. The van der Waals surface area contributed by atoms with Gasteiger partial charge in [-0.05, 0) is 25.1 Å². The molecule has 2 heterocycles. The number of rotatable bonds is 5. The Labute approximate surface area is 100 Å². The van der Waals surface area contributed by atoms with E-state index in [0.717, 1.165) is 30.4 Å². The second-order valence-electron chi connectivity index (χ2n) is 3.89. The first-order chi connectivity index (χ1) is 7.90. The predicted molar refractivity (Wildman–Crippen MR) is 64.4 cm³/mol. The van der Waals surface area contributed by atoms with Crippen molar-refractivity contribution in [1.82, 2.24) is 15.3 Å². The maximum Gasteiger partial charge on any atom is 0.120 e. The summed E-state index contributed by atoms with van der Waals surface area (Å²) in [6, 6.07) is 0. The normalized spacial score (nSPS) is 20.2. The van der Waals surface area contributed by atoms with Gasteiger partial charge in [0.05, 0.1) is 18.9 Å².